The van der Waals surface area contributed by atoms with Gasteiger partial charge in [-0.2, -0.15) is 0 Å². The first-order valence-electron chi connectivity index (χ1n) is 6.15. The maximum absolute atomic E-state index is 14.1. The van der Waals surface area contributed by atoms with E-state index in [1.54, 1.807) is 24.5 Å². The molecule has 8 heteroatoms. The lowest BCUT2D eigenvalue weighted by Crippen LogP contribution is -2.02. The van der Waals surface area contributed by atoms with Crippen molar-refractivity contribution in [3.05, 3.63) is 51.4 Å². The average Bonchev–Trinajstić information content (AvgIpc) is 3.06. The third-order valence-corrected chi connectivity index (χ3v) is 3.92. The van der Waals surface area contributed by atoms with Crippen LogP contribution >= 0.6 is 22.9 Å². The molecular formula is C13H11ClFN5S. The number of aromatic nitrogens is 4. The maximum Gasteiger partial charge on any atom is 0.183 e. The Bertz CT molecular complexity index is 770. The van der Waals surface area contributed by atoms with Crippen LogP contribution < -0.4 is 5.32 Å². The molecule has 0 amide bonds. The van der Waals surface area contributed by atoms with E-state index < -0.39 is 0 Å². The van der Waals surface area contributed by atoms with Gasteiger partial charge < -0.3 is 5.32 Å². The van der Waals surface area contributed by atoms with E-state index in [-0.39, 0.29) is 5.82 Å². The van der Waals surface area contributed by atoms with Gasteiger partial charge in [-0.1, -0.05) is 16.8 Å². The second-order valence-corrected chi connectivity index (χ2v) is 6.10. The quantitative estimate of drug-likeness (QED) is 0.799. The molecule has 3 aromatic rings. The SMILES string of the molecule is Cc1cn(-c2ccc(NCc3cnc(Cl)s3)c(F)c2)nn1. The van der Waals surface area contributed by atoms with Crippen molar-refractivity contribution in [3.8, 4) is 5.69 Å². The number of benzene rings is 1. The molecule has 0 aliphatic rings. The largest absolute Gasteiger partial charge is 0.378 e. The minimum absolute atomic E-state index is 0.351. The van der Waals surface area contributed by atoms with Crippen LogP contribution in [0.2, 0.25) is 4.47 Å². The van der Waals surface area contributed by atoms with E-state index in [0.29, 0.717) is 22.4 Å². The van der Waals surface area contributed by atoms with Crippen molar-refractivity contribution in [2.24, 2.45) is 0 Å². The van der Waals surface area contributed by atoms with Crippen molar-refractivity contribution in [1.29, 1.82) is 0 Å². The number of nitrogens with one attached hydrogen (secondary N) is 1. The van der Waals surface area contributed by atoms with Gasteiger partial charge in [0.25, 0.3) is 0 Å². The van der Waals surface area contributed by atoms with Crippen molar-refractivity contribution in [3.63, 3.8) is 0 Å². The number of aryl methyl sites for hydroxylation is 1. The molecular weight excluding hydrogens is 313 g/mol. The number of nitrogens with zero attached hydrogens (tertiary/aromatic N) is 4. The Balaban J connectivity index is 1.75. The average molecular weight is 324 g/mol. The highest BCUT2D eigenvalue weighted by molar-refractivity contribution is 7.15. The Labute approximate surface area is 129 Å². The van der Waals surface area contributed by atoms with Crippen LogP contribution in [0.25, 0.3) is 5.69 Å². The molecule has 0 saturated carbocycles. The Morgan fingerprint density at radius 2 is 2.29 bits per heavy atom. The minimum atomic E-state index is -0.351. The van der Waals surface area contributed by atoms with Crippen LogP contribution in [0.4, 0.5) is 10.1 Å². The molecule has 0 radical (unpaired) electrons. The molecule has 3 rings (SSSR count). The molecule has 0 spiro atoms. The Kier molecular flexibility index (Phi) is 3.85. The summed E-state index contributed by atoms with van der Waals surface area (Å²) in [5.41, 5.74) is 1.82. The third kappa shape index (κ3) is 3.20. The summed E-state index contributed by atoms with van der Waals surface area (Å²) in [5.74, 6) is -0.351. The molecule has 21 heavy (non-hydrogen) atoms. The monoisotopic (exact) mass is 323 g/mol. The van der Waals surface area contributed by atoms with Gasteiger partial charge in [0.1, 0.15) is 5.82 Å². The number of anilines is 1. The standard InChI is InChI=1S/C13H11ClFN5S/c1-8-7-20(19-18-8)9-2-3-12(11(15)4-9)16-5-10-6-17-13(14)21-10/h2-4,6-7,16H,5H2,1H3. The number of halogens is 2. The number of hydrogen-bond donors (Lipinski definition) is 1. The molecule has 0 bridgehead atoms. The fourth-order valence-corrected chi connectivity index (χ4v) is 2.73. The van der Waals surface area contributed by atoms with Gasteiger partial charge in [-0.25, -0.2) is 14.1 Å². The summed E-state index contributed by atoms with van der Waals surface area (Å²) >= 11 is 7.12. The van der Waals surface area contributed by atoms with Crippen LogP contribution in [0.15, 0.2) is 30.6 Å². The number of hydrogen-bond acceptors (Lipinski definition) is 5. The lowest BCUT2D eigenvalue weighted by atomic mass is 10.2. The molecule has 5 nitrogen and oxygen atoms in total. The number of thiazole rings is 1. The van der Waals surface area contributed by atoms with Crippen molar-refractivity contribution in [2.75, 3.05) is 5.32 Å². The van der Waals surface area contributed by atoms with Crippen molar-refractivity contribution in [2.45, 2.75) is 13.5 Å². The highest BCUT2D eigenvalue weighted by Gasteiger charge is 2.07. The highest BCUT2D eigenvalue weighted by Crippen LogP contribution is 2.22. The van der Waals surface area contributed by atoms with E-state index in [0.717, 1.165) is 10.6 Å². The van der Waals surface area contributed by atoms with Gasteiger partial charge in [0.2, 0.25) is 0 Å². The minimum Gasteiger partial charge on any atom is -0.378 e. The Morgan fingerprint density at radius 3 is 2.90 bits per heavy atom. The fourth-order valence-electron chi connectivity index (χ4n) is 1.81. The highest BCUT2D eigenvalue weighted by atomic mass is 35.5. The molecule has 0 aliphatic carbocycles. The summed E-state index contributed by atoms with van der Waals surface area (Å²) in [6.07, 6.45) is 3.41. The predicted molar refractivity (Wildman–Crippen MR) is 80.5 cm³/mol. The van der Waals surface area contributed by atoms with Gasteiger partial charge in [-0.15, -0.1) is 16.4 Å². The molecule has 108 valence electrons. The maximum atomic E-state index is 14.1. The Hall–Kier alpha value is -1.99. The van der Waals surface area contributed by atoms with Crippen LogP contribution in [-0.2, 0) is 6.54 Å². The van der Waals surface area contributed by atoms with Crippen molar-refractivity contribution < 1.29 is 4.39 Å². The summed E-state index contributed by atoms with van der Waals surface area (Å²) < 4.78 is 16.1. The van der Waals surface area contributed by atoms with Gasteiger partial charge in [0.15, 0.2) is 4.47 Å². The van der Waals surface area contributed by atoms with Gasteiger partial charge >= 0.3 is 0 Å². The normalized spacial score (nSPS) is 10.8. The number of rotatable bonds is 4. The second kappa shape index (κ2) is 5.79. The molecule has 0 saturated heterocycles. The summed E-state index contributed by atoms with van der Waals surface area (Å²) in [7, 11) is 0. The van der Waals surface area contributed by atoms with E-state index >= 15 is 0 Å². The summed E-state index contributed by atoms with van der Waals surface area (Å²) in [6, 6.07) is 4.86. The van der Waals surface area contributed by atoms with Crippen LogP contribution in [-0.4, -0.2) is 20.0 Å². The zero-order valence-corrected chi connectivity index (χ0v) is 12.6. The van der Waals surface area contributed by atoms with Crippen molar-refractivity contribution in [1.82, 2.24) is 20.0 Å². The van der Waals surface area contributed by atoms with Crippen LogP contribution in [0, 0.1) is 12.7 Å². The first kappa shape index (κ1) is 14.0. The first-order valence-corrected chi connectivity index (χ1v) is 7.34. The fraction of sp³-hybridized carbons (Fsp3) is 0.154. The summed E-state index contributed by atoms with van der Waals surface area (Å²) in [5, 5.41) is 10.8. The van der Waals surface area contributed by atoms with Crippen molar-refractivity contribution >= 4 is 28.6 Å². The van der Waals surface area contributed by atoms with Crippen LogP contribution in [0.1, 0.15) is 10.6 Å². The molecule has 1 N–H and O–H groups in total. The van der Waals surface area contributed by atoms with Crippen LogP contribution in [0.5, 0.6) is 0 Å². The molecule has 0 atom stereocenters. The molecule has 2 aromatic heterocycles. The molecule has 2 heterocycles. The summed E-state index contributed by atoms with van der Waals surface area (Å²) in [4.78, 5) is 4.88. The van der Waals surface area contributed by atoms with Crippen LogP contribution in [0.3, 0.4) is 0 Å². The molecule has 0 fully saturated rings. The zero-order chi connectivity index (χ0) is 14.8. The second-order valence-electron chi connectivity index (χ2n) is 4.40. The van der Waals surface area contributed by atoms with Gasteiger partial charge in [-0.05, 0) is 19.1 Å². The van der Waals surface area contributed by atoms with Gasteiger partial charge in [-0.3, -0.25) is 0 Å². The summed E-state index contributed by atoms with van der Waals surface area (Å²) in [6.45, 7) is 2.30. The smallest absolute Gasteiger partial charge is 0.183 e. The first-order chi connectivity index (χ1) is 10.1. The molecule has 0 aliphatic heterocycles. The lowest BCUT2D eigenvalue weighted by Gasteiger charge is -2.08. The van der Waals surface area contributed by atoms with E-state index in [1.165, 1.54) is 22.1 Å². The lowest BCUT2D eigenvalue weighted by molar-refractivity contribution is 0.627. The van der Waals surface area contributed by atoms with E-state index in [1.807, 2.05) is 6.92 Å². The Morgan fingerprint density at radius 1 is 1.43 bits per heavy atom. The van der Waals surface area contributed by atoms with E-state index in [9.17, 15) is 4.39 Å². The van der Waals surface area contributed by atoms with Gasteiger partial charge in [0.05, 0.1) is 29.8 Å². The van der Waals surface area contributed by atoms with Gasteiger partial charge in [0, 0.05) is 17.1 Å². The topological polar surface area (TPSA) is 55.6 Å². The third-order valence-electron chi connectivity index (χ3n) is 2.80. The zero-order valence-electron chi connectivity index (χ0n) is 11.0. The predicted octanol–water partition coefficient (Wildman–Crippen LogP) is 3.44. The molecule has 0 unspecified atom stereocenters. The van der Waals surface area contributed by atoms with E-state index in [2.05, 4.69) is 20.6 Å². The molecule has 1 aromatic carbocycles. The van der Waals surface area contributed by atoms with E-state index in [4.69, 9.17) is 11.6 Å².